The number of rotatable bonds is 8. The highest BCUT2D eigenvalue weighted by atomic mass is 16.5. The molecule has 0 radical (unpaired) electrons. The summed E-state index contributed by atoms with van der Waals surface area (Å²) in [6, 6.07) is 23.0. The van der Waals surface area contributed by atoms with Crippen LogP contribution in [0.2, 0.25) is 0 Å². The quantitative estimate of drug-likeness (QED) is 0.358. The Kier molecular flexibility index (Phi) is 6.62. The largest absolute Gasteiger partial charge is 0.507 e. The summed E-state index contributed by atoms with van der Waals surface area (Å²) in [5.41, 5.74) is 3.30. The second kappa shape index (κ2) is 9.78. The number of carbonyl (C=O) groups excluding carboxylic acids is 1. The Morgan fingerprint density at radius 1 is 0.893 bits per heavy atom. The van der Waals surface area contributed by atoms with Crippen LogP contribution in [0.1, 0.15) is 15.9 Å². The van der Waals surface area contributed by atoms with Crippen LogP contribution in [0.4, 0.5) is 0 Å². The molecule has 0 heterocycles. The molecule has 3 aromatic rings. The number of amides is 1. The van der Waals surface area contributed by atoms with Gasteiger partial charge in [0, 0.05) is 5.56 Å². The number of hydrazone groups is 1. The molecule has 3 aromatic carbocycles. The van der Waals surface area contributed by atoms with Gasteiger partial charge in [-0.2, -0.15) is 5.10 Å². The number of nitrogens with zero attached hydrogens (tertiary/aromatic N) is 1. The summed E-state index contributed by atoms with van der Waals surface area (Å²) in [6.07, 6.45) is 1.38. The molecule has 0 bridgehead atoms. The first-order valence-corrected chi connectivity index (χ1v) is 8.75. The molecule has 0 saturated heterocycles. The molecule has 1 amide bonds. The summed E-state index contributed by atoms with van der Waals surface area (Å²) in [7, 11) is 0. The topological polar surface area (TPSA) is 80.2 Å². The molecule has 6 heteroatoms. The number of carbonyl (C=O) groups is 1. The van der Waals surface area contributed by atoms with E-state index in [1.165, 1.54) is 6.21 Å². The van der Waals surface area contributed by atoms with E-state index >= 15 is 0 Å². The lowest BCUT2D eigenvalue weighted by molar-refractivity contribution is 0.0950. The van der Waals surface area contributed by atoms with Gasteiger partial charge in [-0.15, -0.1) is 0 Å². The number of hydrogen-bond acceptors (Lipinski definition) is 5. The van der Waals surface area contributed by atoms with Crippen LogP contribution in [-0.4, -0.2) is 30.4 Å². The lowest BCUT2D eigenvalue weighted by atomic mass is 10.2. The molecular formula is C22H20N2O4. The zero-order chi connectivity index (χ0) is 19.6. The summed E-state index contributed by atoms with van der Waals surface area (Å²) < 4.78 is 11.3. The van der Waals surface area contributed by atoms with Gasteiger partial charge >= 0.3 is 0 Å². The summed E-state index contributed by atoms with van der Waals surface area (Å²) in [5, 5.41) is 13.6. The van der Waals surface area contributed by atoms with E-state index < -0.39 is 5.91 Å². The van der Waals surface area contributed by atoms with Gasteiger partial charge in [-0.1, -0.05) is 42.5 Å². The average Bonchev–Trinajstić information content (AvgIpc) is 2.73. The van der Waals surface area contributed by atoms with Gasteiger partial charge in [0.05, 0.1) is 11.8 Å². The van der Waals surface area contributed by atoms with Crippen molar-refractivity contribution in [1.82, 2.24) is 5.43 Å². The number of hydrogen-bond donors (Lipinski definition) is 2. The molecule has 0 aliphatic rings. The van der Waals surface area contributed by atoms with E-state index in [0.717, 1.165) is 5.75 Å². The fourth-order valence-corrected chi connectivity index (χ4v) is 2.43. The molecule has 0 fully saturated rings. The Bertz CT molecular complexity index is 942. The molecule has 0 unspecified atom stereocenters. The molecule has 0 aliphatic carbocycles. The number of phenols is 1. The number of benzene rings is 3. The third-order valence-corrected chi connectivity index (χ3v) is 3.79. The molecule has 142 valence electrons. The highest BCUT2D eigenvalue weighted by molar-refractivity contribution is 5.97. The Balaban J connectivity index is 1.55. The van der Waals surface area contributed by atoms with Gasteiger partial charge in [0.2, 0.25) is 0 Å². The van der Waals surface area contributed by atoms with Crippen molar-refractivity contribution in [2.75, 3.05) is 13.2 Å². The average molecular weight is 376 g/mol. The van der Waals surface area contributed by atoms with Gasteiger partial charge in [0.25, 0.3) is 5.91 Å². The molecule has 0 saturated carbocycles. The fraction of sp³-hybridized carbons (Fsp3) is 0.0909. The van der Waals surface area contributed by atoms with Crippen LogP contribution in [0, 0.1) is 0 Å². The van der Waals surface area contributed by atoms with Crippen molar-refractivity contribution in [1.29, 1.82) is 0 Å². The van der Waals surface area contributed by atoms with Crippen LogP contribution in [0.3, 0.4) is 0 Å². The van der Waals surface area contributed by atoms with Crippen molar-refractivity contribution in [3.8, 4) is 17.2 Å². The van der Waals surface area contributed by atoms with Crippen molar-refractivity contribution >= 4 is 12.1 Å². The van der Waals surface area contributed by atoms with Gasteiger partial charge in [0.15, 0.2) is 0 Å². The van der Waals surface area contributed by atoms with E-state index in [4.69, 9.17) is 9.47 Å². The maximum atomic E-state index is 12.4. The summed E-state index contributed by atoms with van der Waals surface area (Å²) in [5.74, 6) is 0.874. The predicted octanol–water partition coefficient (Wildman–Crippen LogP) is 3.61. The van der Waals surface area contributed by atoms with E-state index in [-0.39, 0.29) is 5.75 Å². The smallest absolute Gasteiger partial charge is 0.275 e. The standard InChI is InChI=1S/C22H20N2O4/c25-20-12-6-4-8-17(20)16-23-24-22(26)19-11-5-7-13-21(19)28-15-14-27-18-9-2-1-3-10-18/h1-13,16,25H,14-15H2,(H,24,26)/b23-16+. The van der Waals surface area contributed by atoms with Gasteiger partial charge in [0.1, 0.15) is 30.5 Å². The van der Waals surface area contributed by atoms with E-state index in [1.54, 1.807) is 48.5 Å². The third kappa shape index (κ3) is 5.35. The normalized spacial score (nSPS) is 10.6. The summed E-state index contributed by atoms with van der Waals surface area (Å²) in [6.45, 7) is 0.645. The second-order valence-electron chi connectivity index (χ2n) is 5.76. The minimum Gasteiger partial charge on any atom is -0.507 e. The number of ether oxygens (including phenoxy) is 2. The number of para-hydroxylation sites is 3. The maximum Gasteiger partial charge on any atom is 0.275 e. The molecule has 2 N–H and O–H groups in total. The Hall–Kier alpha value is -3.80. The lowest BCUT2D eigenvalue weighted by Gasteiger charge is -2.11. The molecule has 28 heavy (non-hydrogen) atoms. The van der Waals surface area contributed by atoms with Gasteiger partial charge in [-0.05, 0) is 36.4 Å². The van der Waals surface area contributed by atoms with Gasteiger partial charge < -0.3 is 14.6 Å². The first-order valence-electron chi connectivity index (χ1n) is 8.75. The molecule has 0 spiro atoms. The lowest BCUT2D eigenvalue weighted by Crippen LogP contribution is -2.19. The van der Waals surface area contributed by atoms with Crippen LogP contribution in [0.15, 0.2) is 84.0 Å². The molecule has 0 atom stereocenters. The molecular weight excluding hydrogens is 356 g/mol. The second-order valence-corrected chi connectivity index (χ2v) is 5.76. The van der Waals surface area contributed by atoms with Crippen LogP contribution >= 0.6 is 0 Å². The number of aromatic hydroxyl groups is 1. The Morgan fingerprint density at radius 2 is 1.57 bits per heavy atom. The molecule has 6 nitrogen and oxygen atoms in total. The van der Waals surface area contributed by atoms with Crippen molar-refractivity contribution in [2.45, 2.75) is 0 Å². The SMILES string of the molecule is O=C(N/N=C/c1ccccc1O)c1ccccc1OCCOc1ccccc1. The van der Waals surface area contributed by atoms with Crippen molar-refractivity contribution in [3.05, 3.63) is 90.0 Å². The van der Waals surface area contributed by atoms with E-state index in [2.05, 4.69) is 10.5 Å². The van der Waals surface area contributed by atoms with Crippen LogP contribution in [0.25, 0.3) is 0 Å². The first-order chi connectivity index (χ1) is 13.7. The summed E-state index contributed by atoms with van der Waals surface area (Å²) in [4.78, 5) is 12.4. The van der Waals surface area contributed by atoms with Crippen LogP contribution in [-0.2, 0) is 0 Å². The minimum absolute atomic E-state index is 0.0858. The van der Waals surface area contributed by atoms with Crippen molar-refractivity contribution in [3.63, 3.8) is 0 Å². The van der Waals surface area contributed by atoms with E-state index in [9.17, 15) is 9.90 Å². The monoisotopic (exact) mass is 376 g/mol. The molecule has 0 aliphatic heterocycles. The Morgan fingerprint density at radius 3 is 2.39 bits per heavy atom. The zero-order valence-electron chi connectivity index (χ0n) is 15.1. The highest BCUT2D eigenvalue weighted by Gasteiger charge is 2.11. The van der Waals surface area contributed by atoms with Gasteiger partial charge in [-0.3, -0.25) is 4.79 Å². The maximum absolute atomic E-state index is 12.4. The zero-order valence-corrected chi connectivity index (χ0v) is 15.1. The highest BCUT2D eigenvalue weighted by Crippen LogP contribution is 2.18. The summed E-state index contributed by atoms with van der Waals surface area (Å²) >= 11 is 0. The molecule has 0 aromatic heterocycles. The Labute approximate surface area is 163 Å². The minimum atomic E-state index is -0.411. The van der Waals surface area contributed by atoms with E-state index in [1.807, 2.05) is 30.3 Å². The van der Waals surface area contributed by atoms with Crippen LogP contribution in [0.5, 0.6) is 17.2 Å². The van der Waals surface area contributed by atoms with Crippen molar-refractivity contribution in [2.24, 2.45) is 5.10 Å². The number of nitrogens with one attached hydrogen (secondary N) is 1. The van der Waals surface area contributed by atoms with Gasteiger partial charge in [-0.25, -0.2) is 5.43 Å². The van der Waals surface area contributed by atoms with E-state index in [0.29, 0.717) is 30.1 Å². The molecule has 3 rings (SSSR count). The van der Waals surface area contributed by atoms with Crippen molar-refractivity contribution < 1.29 is 19.4 Å². The van der Waals surface area contributed by atoms with Crippen LogP contribution < -0.4 is 14.9 Å². The third-order valence-electron chi connectivity index (χ3n) is 3.79. The predicted molar refractivity (Wildman–Crippen MR) is 107 cm³/mol. The fourth-order valence-electron chi connectivity index (χ4n) is 2.43. The number of phenolic OH excluding ortho intramolecular Hbond substituents is 1. The first kappa shape index (κ1) is 19.0.